The highest BCUT2D eigenvalue weighted by Gasteiger charge is 2.33. The van der Waals surface area contributed by atoms with Gasteiger partial charge < -0.3 is 16.6 Å². The summed E-state index contributed by atoms with van der Waals surface area (Å²) < 4.78 is 50.9. The number of halogens is 5. The van der Waals surface area contributed by atoms with Gasteiger partial charge in [-0.1, -0.05) is 6.07 Å². The second-order valence-electron chi connectivity index (χ2n) is 3.79. The van der Waals surface area contributed by atoms with Gasteiger partial charge in [0.25, 0.3) is 0 Å². The summed E-state index contributed by atoms with van der Waals surface area (Å²) in [6, 6.07) is 2.46. The number of nitrogens with one attached hydrogen (secondary N) is 1. The Morgan fingerprint density at radius 1 is 1.32 bits per heavy atom. The summed E-state index contributed by atoms with van der Waals surface area (Å²) in [6.45, 7) is 1.09. The largest absolute Gasteiger partial charge is 0.478 e. The maximum Gasteiger partial charge on any atom is 0.417 e. The molecule has 10 heteroatoms. The molecule has 1 rings (SSSR count). The maximum absolute atomic E-state index is 13.3. The fraction of sp³-hybridized carbons (Fsp3) is 0.167. The molecule has 0 bridgehead atoms. The van der Waals surface area contributed by atoms with Crippen molar-refractivity contribution in [1.29, 1.82) is 5.41 Å². The van der Waals surface area contributed by atoms with E-state index in [4.69, 9.17) is 10.5 Å². The first-order valence-corrected chi connectivity index (χ1v) is 5.33. The topological polar surface area (TPSA) is 113 Å². The Kier molecular flexibility index (Phi) is 8.88. The Hall–Kier alpha value is -2.29. The first-order valence-electron chi connectivity index (χ1n) is 5.33. The number of hydrogen-bond acceptors (Lipinski definition) is 2. The Labute approximate surface area is 129 Å². The maximum atomic E-state index is 13.3. The molecule has 0 saturated carbocycles. The molecule has 0 aromatic heterocycles. The van der Waals surface area contributed by atoms with Crippen LogP contribution in [0.25, 0.3) is 6.08 Å². The average Bonchev–Trinajstić information content (AvgIpc) is 2.29. The van der Waals surface area contributed by atoms with E-state index in [2.05, 4.69) is 11.5 Å². The molecule has 6 N–H and O–H groups in total. The lowest BCUT2D eigenvalue weighted by Crippen LogP contribution is -2.20. The smallest absolute Gasteiger partial charge is 0.417 e. The first kappa shape index (κ1) is 22.0. The normalized spacial score (nSPS) is 10.9. The minimum absolute atomic E-state index is 0. The number of guanidine groups is 1. The van der Waals surface area contributed by atoms with Crippen molar-refractivity contribution < 1.29 is 27.5 Å². The number of carbonyl (C=O) groups is 1. The van der Waals surface area contributed by atoms with Crippen LogP contribution in [0.4, 0.5) is 17.6 Å². The molecule has 124 valence electrons. The molecule has 0 saturated heterocycles. The molecule has 0 heterocycles. The minimum Gasteiger partial charge on any atom is -0.478 e. The predicted octanol–water partition coefficient (Wildman–Crippen LogP) is 2.59. The summed E-state index contributed by atoms with van der Waals surface area (Å²) in [5, 5.41) is 14.6. The SMILES string of the molecule is C/C(=C\c1c(F)cccc1C(F)(F)F)C(=O)O.Cl.N=C(N)N. The van der Waals surface area contributed by atoms with Gasteiger partial charge in [-0.3, -0.25) is 5.41 Å². The molecule has 0 aliphatic rings. The van der Waals surface area contributed by atoms with Gasteiger partial charge in [-0.25, -0.2) is 9.18 Å². The van der Waals surface area contributed by atoms with Crippen molar-refractivity contribution in [2.45, 2.75) is 13.1 Å². The van der Waals surface area contributed by atoms with E-state index in [1.54, 1.807) is 0 Å². The Morgan fingerprint density at radius 3 is 2.14 bits per heavy atom. The zero-order valence-electron chi connectivity index (χ0n) is 11.2. The lowest BCUT2D eigenvalue weighted by atomic mass is 10.0. The molecular weight excluding hydrogens is 330 g/mol. The molecule has 0 amide bonds. The highest BCUT2D eigenvalue weighted by Crippen LogP contribution is 2.34. The third-order valence-electron chi connectivity index (χ3n) is 2.06. The van der Waals surface area contributed by atoms with Crippen molar-refractivity contribution in [3.05, 3.63) is 40.7 Å². The molecule has 0 unspecified atom stereocenters. The van der Waals surface area contributed by atoms with E-state index < -0.39 is 29.1 Å². The van der Waals surface area contributed by atoms with Gasteiger partial charge in [0.2, 0.25) is 0 Å². The molecular formula is C12H14ClF4N3O2. The van der Waals surface area contributed by atoms with Crippen molar-refractivity contribution in [2.75, 3.05) is 0 Å². The van der Waals surface area contributed by atoms with Crippen LogP contribution < -0.4 is 11.5 Å². The van der Waals surface area contributed by atoms with E-state index in [1.165, 1.54) is 0 Å². The number of hydrogen-bond donors (Lipinski definition) is 4. The fourth-order valence-corrected chi connectivity index (χ4v) is 1.21. The van der Waals surface area contributed by atoms with E-state index in [1.807, 2.05) is 0 Å². The summed E-state index contributed by atoms with van der Waals surface area (Å²) in [4.78, 5) is 10.5. The number of carboxylic acids is 1. The summed E-state index contributed by atoms with van der Waals surface area (Å²) in [5.74, 6) is -2.85. The van der Waals surface area contributed by atoms with Crippen LogP contribution in [0.1, 0.15) is 18.1 Å². The van der Waals surface area contributed by atoms with Crippen LogP contribution >= 0.6 is 12.4 Å². The van der Waals surface area contributed by atoms with E-state index in [0.717, 1.165) is 19.1 Å². The summed E-state index contributed by atoms with van der Waals surface area (Å²) >= 11 is 0. The number of alkyl halides is 3. The van der Waals surface area contributed by atoms with Crippen molar-refractivity contribution in [1.82, 2.24) is 0 Å². The second-order valence-corrected chi connectivity index (χ2v) is 3.79. The van der Waals surface area contributed by atoms with Crippen molar-refractivity contribution in [3.8, 4) is 0 Å². The summed E-state index contributed by atoms with van der Waals surface area (Å²) in [5.41, 5.74) is 6.61. The highest BCUT2D eigenvalue weighted by molar-refractivity contribution is 5.91. The van der Waals surface area contributed by atoms with E-state index in [0.29, 0.717) is 12.1 Å². The van der Waals surface area contributed by atoms with Gasteiger partial charge in [-0.2, -0.15) is 13.2 Å². The Morgan fingerprint density at radius 2 is 1.77 bits per heavy atom. The van der Waals surface area contributed by atoms with Crippen LogP contribution in [0.2, 0.25) is 0 Å². The first-order chi connectivity index (χ1) is 9.46. The number of carboxylic acid groups (broad SMARTS) is 1. The molecule has 0 aliphatic heterocycles. The number of aliphatic carboxylic acids is 1. The highest BCUT2D eigenvalue weighted by atomic mass is 35.5. The van der Waals surface area contributed by atoms with Gasteiger partial charge in [0, 0.05) is 11.1 Å². The predicted molar refractivity (Wildman–Crippen MR) is 76.0 cm³/mol. The third kappa shape index (κ3) is 7.48. The van der Waals surface area contributed by atoms with Crippen LogP contribution in [-0.4, -0.2) is 17.0 Å². The zero-order valence-corrected chi connectivity index (χ0v) is 12.1. The Bertz CT molecular complexity index is 570. The molecule has 5 nitrogen and oxygen atoms in total. The van der Waals surface area contributed by atoms with Crippen LogP contribution in [-0.2, 0) is 11.0 Å². The van der Waals surface area contributed by atoms with E-state index >= 15 is 0 Å². The van der Waals surface area contributed by atoms with Gasteiger partial charge in [0.05, 0.1) is 5.56 Å². The number of benzene rings is 1. The monoisotopic (exact) mass is 343 g/mol. The lowest BCUT2D eigenvalue weighted by Gasteiger charge is -2.11. The van der Waals surface area contributed by atoms with Crippen LogP contribution in [0.5, 0.6) is 0 Å². The summed E-state index contributed by atoms with van der Waals surface area (Å²) in [6.07, 6.45) is -4.06. The second kappa shape index (κ2) is 8.88. The standard InChI is InChI=1S/C11H8F4O2.CH5N3.ClH/c1-6(10(16)17)5-7-8(11(13,14)15)3-2-4-9(7)12;2-1(3)4;/h2-5H,1H3,(H,16,17);(H5,2,3,4);1H/b6-5+;;. The lowest BCUT2D eigenvalue weighted by molar-refractivity contribution is -0.138. The molecule has 1 aromatic rings. The van der Waals surface area contributed by atoms with E-state index in [9.17, 15) is 22.4 Å². The third-order valence-corrected chi connectivity index (χ3v) is 2.06. The van der Waals surface area contributed by atoms with Gasteiger partial charge in [-0.05, 0) is 25.1 Å². The molecule has 0 fully saturated rings. The number of nitrogens with two attached hydrogens (primary N) is 2. The van der Waals surface area contributed by atoms with Gasteiger partial charge in [0.1, 0.15) is 5.82 Å². The van der Waals surface area contributed by atoms with Crippen LogP contribution in [0, 0.1) is 11.2 Å². The molecule has 0 spiro atoms. The Balaban J connectivity index is 0. The van der Waals surface area contributed by atoms with Gasteiger partial charge in [0.15, 0.2) is 5.96 Å². The molecule has 0 aliphatic carbocycles. The van der Waals surface area contributed by atoms with Crippen LogP contribution in [0.15, 0.2) is 23.8 Å². The number of rotatable bonds is 2. The molecule has 0 radical (unpaired) electrons. The molecule has 22 heavy (non-hydrogen) atoms. The summed E-state index contributed by atoms with van der Waals surface area (Å²) in [7, 11) is 0. The van der Waals surface area contributed by atoms with Crippen molar-refractivity contribution in [2.24, 2.45) is 11.5 Å². The van der Waals surface area contributed by atoms with Crippen molar-refractivity contribution >= 4 is 30.4 Å². The van der Waals surface area contributed by atoms with Gasteiger partial charge in [-0.15, -0.1) is 12.4 Å². The molecule has 0 atom stereocenters. The minimum atomic E-state index is -4.73. The van der Waals surface area contributed by atoms with Crippen LogP contribution in [0.3, 0.4) is 0 Å². The van der Waals surface area contributed by atoms with Gasteiger partial charge >= 0.3 is 12.1 Å². The van der Waals surface area contributed by atoms with Crippen molar-refractivity contribution in [3.63, 3.8) is 0 Å². The quantitative estimate of drug-likeness (QED) is 0.286. The zero-order chi connectivity index (χ0) is 16.8. The fourth-order valence-electron chi connectivity index (χ4n) is 1.21. The molecule has 1 aromatic carbocycles. The van der Waals surface area contributed by atoms with E-state index in [-0.39, 0.29) is 23.9 Å². The average molecular weight is 344 g/mol.